The van der Waals surface area contributed by atoms with Crippen molar-refractivity contribution in [3.05, 3.63) is 93.0 Å². The Bertz CT molecular complexity index is 1340. The fourth-order valence-corrected chi connectivity index (χ4v) is 7.28. The molecular weight excluding hydrogens is 507 g/mol. The van der Waals surface area contributed by atoms with Gasteiger partial charge < -0.3 is 14.4 Å². The summed E-state index contributed by atoms with van der Waals surface area (Å²) in [6.07, 6.45) is 3.25. The average Bonchev–Trinajstić information content (AvgIpc) is 2.87. The number of aryl methyl sites for hydroxylation is 2. The third-order valence-electron chi connectivity index (χ3n) is 7.38. The molecule has 2 aliphatic rings. The number of rotatable bonds is 6. The highest BCUT2D eigenvalue weighted by Crippen LogP contribution is 2.56. The first-order chi connectivity index (χ1) is 17.7. The molecule has 3 aromatic carbocycles. The molecule has 5 nitrogen and oxygen atoms in total. The van der Waals surface area contributed by atoms with Gasteiger partial charge in [-0.25, -0.2) is 0 Å². The van der Waals surface area contributed by atoms with E-state index in [1.165, 1.54) is 16.7 Å². The summed E-state index contributed by atoms with van der Waals surface area (Å²) in [6, 6.07) is 17.6. The number of fused-ring (bicyclic) bond motifs is 1. The SMILES string of the molecule is Cc1cc(OC[P@]2(=O)OCC[C@@H](c3cccc(Cl)c3)O2)cc2c1[C@@H](c1ccc(O)c(C(C)C)c1)CCC2. The zero-order valence-corrected chi connectivity index (χ0v) is 23.2. The van der Waals surface area contributed by atoms with Gasteiger partial charge in [-0.3, -0.25) is 9.09 Å². The van der Waals surface area contributed by atoms with Crippen LogP contribution in [0.15, 0.2) is 54.6 Å². The van der Waals surface area contributed by atoms with Gasteiger partial charge >= 0.3 is 7.60 Å². The molecule has 0 amide bonds. The second kappa shape index (κ2) is 10.8. The summed E-state index contributed by atoms with van der Waals surface area (Å²) in [6.45, 7) is 6.65. The molecule has 5 rings (SSSR count). The Kier molecular flexibility index (Phi) is 7.70. The van der Waals surface area contributed by atoms with Gasteiger partial charge in [0, 0.05) is 17.4 Å². The maximum atomic E-state index is 13.4. The van der Waals surface area contributed by atoms with E-state index in [0.29, 0.717) is 29.5 Å². The van der Waals surface area contributed by atoms with Gasteiger partial charge in [0.25, 0.3) is 0 Å². The van der Waals surface area contributed by atoms with Crippen LogP contribution in [0.5, 0.6) is 11.5 Å². The molecule has 1 aliphatic carbocycles. The molecule has 3 aromatic rings. The molecule has 0 aromatic heterocycles. The molecule has 1 aliphatic heterocycles. The fourth-order valence-electron chi connectivity index (χ4n) is 5.58. The highest BCUT2D eigenvalue weighted by molar-refractivity contribution is 7.53. The highest BCUT2D eigenvalue weighted by Gasteiger charge is 2.35. The van der Waals surface area contributed by atoms with E-state index >= 15 is 0 Å². The van der Waals surface area contributed by atoms with Crippen LogP contribution in [0, 0.1) is 6.92 Å². The van der Waals surface area contributed by atoms with Crippen LogP contribution in [0.2, 0.25) is 5.02 Å². The average molecular weight is 541 g/mol. The molecule has 196 valence electrons. The van der Waals surface area contributed by atoms with Gasteiger partial charge in [0.2, 0.25) is 0 Å². The van der Waals surface area contributed by atoms with Crippen LogP contribution in [-0.2, 0) is 20.0 Å². The van der Waals surface area contributed by atoms with E-state index in [9.17, 15) is 9.67 Å². The van der Waals surface area contributed by atoms with Crippen LogP contribution < -0.4 is 4.74 Å². The minimum absolute atomic E-state index is 0.137. The first-order valence-corrected chi connectivity index (χ1v) is 15.1. The van der Waals surface area contributed by atoms with Gasteiger partial charge in [-0.05, 0) is 95.8 Å². The summed E-state index contributed by atoms with van der Waals surface area (Å²) in [7, 11) is -3.43. The third-order valence-corrected chi connectivity index (χ3v) is 9.21. The highest BCUT2D eigenvalue weighted by atomic mass is 35.5. The predicted octanol–water partition coefficient (Wildman–Crippen LogP) is 8.65. The summed E-state index contributed by atoms with van der Waals surface area (Å²) in [4.78, 5) is 0. The van der Waals surface area contributed by atoms with Gasteiger partial charge in [-0.1, -0.05) is 49.7 Å². The quantitative estimate of drug-likeness (QED) is 0.317. The van der Waals surface area contributed by atoms with E-state index in [1.54, 1.807) is 6.07 Å². The van der Waals surface area contributed by atoms with Gasteiger partial charge in [-0.2, -0.15) is 0 Å². The molecule has 1 heterocycles. The molecule has 3 atom stereocenters. The smallest absolute Gasteiger partial charge is 0.368 e. The molecule has 1 fully saturated rings. The maximum Gasteiger partial charge on any atom is 0.368 e. The third kappa shape index (κ3) is 5.76. The van der Waals surface area contributed by atoms with E-state index < -0.39 is 7.60 Å². The normalized spacial score (nSPS) is 23.6. The lowest BCUT2D eigenvalue weighted by Crippen LogP contribution is -2.18. The Balaban J connectivity index is 1.34. The summed E-state index contributed by atoms with van der Waals surface area (Å²) in [5, 5.41) is 10.9. The Morgan fingerprint density at radius 2 is 1.95 bits per heavy atom. The van der Waals surface area contributed by atoms with Crippen LogP contribution in [0.4, 0.5) is 0 Å². The summed E-state index contributed by atoms with van der Waals surface area (Å²) >= 11 is 6.14. The lowest BCUT2D eigenvalue weighted by atomic mass is 9.76. The molecule has 0 bridgehead atoms. The number of hydrogen-bond acceptors (Lipinski definition) is 5. The summed E-state index contributed by atoms with van der Waals surface area (Å²) in [5.74, 6) is 1.57. The van der Waals surface area contributed by atoms with Gasteiger partial charge in [-0.15, -0.1) is 0 Å². The zero-order chi connectivity index (χ0) is 26.2. The second-order valence-corrected chi connectivity index (χ2v) is 12.8. The van der Waals surface area contributed by atoms with E-state index in [0.717, 1.165) is 36.0 Å². The van der Waals surface area contributed by atoms with Crippen molar-refractivity contribution in [3.63, 3.8) is 0 Å². The van der Waals surface area contributed by atoms with Crippen LogP contribution in [-0.4, -0.2) is 18.1 Å². The van der Waals surface area contributed by atoms with Gasteiger partial charge in [0.1, 0.15) is 11.5 Å². The first kappa shape index (κ1) is 26.3. The van der Waals surface area contributed by atoms with Crippen LogP contribution in [0.1, 0.15) is 84.4 Å². The van der Waals surface area contributed by atoms with Crippen molar-refractivity contribution in [2.45, 2.75) is 64.4 Å². The first-order valence-electron chi connectivity index (χ1n) is 13.0. The van der Waals surface area contributed by atoms with E-state index in [-0.39, 0.29) is 24.3 Å². The molecule has 1 saturated heterocycles. The topological polar surface area (TPSA) is 65.0 Å². The number of aromatic hydroxyl groups is 1. The van der Waals surface area contributed by atoms with Crippen LogP contribution in [0.25, 0.3) is 0 Å². The number of phenols is 1. The van der Waals surface area contributed by atoms with E-state index in [4.69, 9.17) is 25.4 Å². The van der Waals surface area contributed by atoms with E-state index in [2.05, 4.69) is 32.9 Å². The summed E-state index contributed by atoms with van der Waals surface area (Å²) < 4.78 is 30.9. The van der Waals surface area contributed by atoms with Crippen molar-refractivity contribution in [3.8, 4) is 11.5 Å². The number of ether oxygens (including phenoxy) is 1. The molecule has 0 unspecified atom stereocenters. The zero-order valence-electron chi connectivity index (χ0n) is 21.6. The Hall–Kier alpha value is -2.30. The molecule has 7 heteroatoms. The van der Waals surface area contributed by atoms with Crippen molar-refractivity contribution in [1.29, 1.82) is 0 Å². The van der Waals surface area contributed by atoms with Gasteiger partial charge in [0.05, 0.1) is 12.7 Å². The van der Waals surface area contributed by atoms with Crippen LogP contribution in [0.3, 0.4) is 0 Å². The number of halogens is 1. The second-order valence-electron chi connectivity index (χ2n) is 10.4. The Labute approximate surface area is 224 Å². The number of benzene rings is 3. The molecule has 0 radical (unpaired) electrons. The van der Waals surface area contributed by atoms with Crippen molar-refractivity contribution >= 4 is 19.2 Å². The lowest BCUT2D eigenvalue weighted by molar-refractivity contribution is 0.0725. The molecule has 1 N–H and O–H groups in total. The van der Waals surface area contributed by atoms with Crippen molar-refractivity contribution in [2.24, 2.45) is 0 Å². The maximum absolute atomic E-state index is 13.4. The largest absolute Gasteiger partial charge is 0.508 e. The standard InChI is InChI=1S/C30H34ClO5P/c1-19(2)27-17-21(10-11-28(27)32)26-9-5-7-23-16-25(14-20(3)30(23)26)34-18-37(33)35-13-12-29(36-37)22-6-4-8-24(31)15-22/h4,6,8,10-11,14-17,19,26,29,32H,5,7,9,12-13,18H2,1-3H3/t26-,29+,37+/m1/s1. The minimum Gasteiger partial charge on any atom is -0.508 e. The van der Waals surface area contributed by atoms with Crippen molar-refractivity contribution in [2.75, 3.05) is 13.0 Å². The lowest BCUT2D eigenvalue weighted by Gasteiger charge is -2.31. The number of hydrogen-bond donors (Lipinski definition) is 1. The molecule has 0 saturated carbocycles. The predicted molar refractivity (Wildman–Crippen MR) is 147 cm³/mol. The molecule has 37 heavy (non-hydrogen) atoms. The summed E-state index contributed by atoms with van der Waals surface area (Å²) in [5.41, 5.74) is 6.84. The van der Waals surface area contributed by atoms with Crippen molar-refractivity contribution < 1.29 is 23.5 Å². The molecular formula is C30H34ClO5P. The Morgan fingerprint density at radius 3 is 2.73 bits per heavy atom. The van der Waals surface area contributed by atoms with E-state index in [1.807, 2.05) is 36.4 Å². The number of phenolic OH excluding ortho intramolecular Hbond substituents is 1. The Morgan fingerprint density at radius 1 is 1.11 bits per heavy atom. The monoisotopic (exact) mass is 540 g/mol. The molecule has 0 spiro atoms. The van der Waals surface area contributed by atoms with Gasteiger partial charge in [0.15, 0.2) is 6.35 Å². The van der Waals surface area contributed by atoms with Crippen molar-refractivity contribution in [1.82, 2.24) is 0 Å². The minimum atomic E-state index is -3.43. The fraction of sp³-hybridized carbons (Fsp3) is 0.400. The van der Waals surface area contributed by atoms with Crippen LogP contribution >= 0.6 is 19.2 Å².